The molecule has 1 N–H and O–H groups in total. The van der Waals surface area contributed by atoms with E-state index in [1.54, 1.807) is 13.0 Å². The number of nitrogens with zero attached hydrogens (tertiary/aromatic N) is 1. The van der Waals surface area contributed by atoms with Gasteiger partial charge in [-0.05, 0) is 24.5 Å². The van der Waals surface area contributed by atoms with E-state index in [0.717, 1.165) is 11.1 Å². The first-order valence-electron chi connectivity index (χ1n) is 9.05. The van der Waals surface area contributed by atoms with Crippen molar-refractivity contribution in [3.63, 3.8) is 0 Å². The molecule has 2 rings (SSSR count). The van der Waals surface area contributed by atoms with Gasteiger partial charge >= 0.3 is 0 Å². The average molecular weight is 420 g/mol. The second kappa shape index (κ2) is 9.84. The number of hydrogen-bond acceptors (Lipinski definition) is 6. The van der Waals surface area contributed by atoms with Crippen molar-refractivity contribution in [1.29, 1.82) is 0 Å². The molecule has 0 saturated carbocycles. The summed E-state index contributed by atoms with van der Waals surface area (Å²) in [6.07, 6.45) is 2.33. The highest BCUT2D eigenvalue weighted by molar-refractivity contribution is 8.26. The SMILES string of the molecule is CC[C@H](C)[C@@H](NC(=O)CCN1C(=O)/C(=C\c2ccc(C)cc2)SC1=S)C(=O)[O-]. The van der Waals surface area contributed by atoms with E-state index in [0.29, 0.717) is 15.6 Å². The van der Waals surface area contributed by atoms with Crippen molar-refractivity contribution < 1.29 is 19.5 Å². The molecule has 0 unspecified atom stereocenters. The topological polar surface area (TPSA) is 89.5 Å². The molecule has 1 fully saturated rings. The quantitative estimate of drug-likeness (QED) is 0.511. The number of thioether (sulfide) groups is 1. The molecule has 1 aromatic carbocycles. The molecule has 1 saturated heterocycles. The molecule has 1 heterocycles. The summed E-state index contributed by atoms with van der Waals surface area (Å²) >= 11 is 6.46. The van der Waals surface area contributed by atoms with Gasteiger partial charge < -0.3 is 15.2 Å². The fraction of sp³-hybridized carbons (Fsp3) is 0.400. The Morgan fingerprint density at radius 2 is 1.96 bits per heavy atom. The van der Waals surface area contributed by atoms with E-state index in [2.05, 4.69) is 5.32 Å². The number of rotatable bonds is 8. The van der Waals surface area contributed by atoms with Gasteiger partial charge in [-0.1, -0.05) is 74.1 Å². The average Bonchev–Trinajstić information content (AvgIpc) is 2.92. The fourth-order valence-electron chi connectivity index (χ4n) is 2.63. The number of nitrogens with one attached hydrogen (secondary N) is 1. The molecule has 0 radical (unpaired) electrons. The first-order valence-corrected chi connectivity index (χ1v) is 10.3. The molecule has 1 aliphatic rings. The molecule has 2 atom stereocenters. The van der Waals surface area contributed by atoms with Gasteiger partial charge in [-0.2, -0.15) is 0 Å². The van der Waals surface area contributed by atoms with Crippen molar-refractivity contribution >= 4 is 52.2 Å². The molecule has 0 spiro atoms. The monoisotopic (exact) mass is 419 g/mol. The third kappa shape index (κ3) is 5.65. The minimum absolute atomic E-state index is 0.0372. The molecule has 2 amide bonds. The summed E-state index contributed by atoms with van der Waals surface area (Å²) in [4.78, 5) is 37.8. The van der Waals surface area contributed by atoms with E-state index < -0.39 is 17.9 Å². The van der Waals surface area contributed by atoms with Gasteiger partial charge in [0.15, 0.2) is 0 Å². The Labute approximate surface area is 174 Å². The highest BCUT2D eigenvalue weighted by atomic mass is 32.2. The fourth-order valence-corrected chi connectivity index (χ4v) is 3.94. The first-order chi connectivity index (χ1) is 13.2. The Bertz CT molecular complexity index is 805. The normalized spacial score (nSPS) is 17.7. The van der Waals surface area contributed by atoms with Crippen molar-refractivity contribution in [3.05, 3.63) is 40.3 Å². The molecule has 8 heteroatoms. The third-order valence-corrected chi connectivity index (χ3v) is 5.97. The van der Waals surface area contributed by atoms with Gasteiger partial charge in [-0.15, -0.1) is 0 Å². The van der Waals surface area contributed by atoms with Crippen LogP contribution in [-0.4, -0.2) is 39.6 Å². The first kappa shape index (κ1) is 22.1. The number of aryl methyl sites for hydroxylation is 1. The molecular formula is C20H23N2O4S2-. The Hall–Kier alpha value is -2.19. The van der Waals surface area contributed by atoms with Crippen molar-refractivity contribution in [1.82, 2.24) is 10.2 Å². The Morgan fingerprint density at radius 1 is 1.32 bits per heavy atom. The minimum atomic E-state index is -1.31. The Morgan fingerprint density at radius 3 is 2.54 bits per heavy atom. The summed E-state index contributed by atoms with van der Waals surface area (Å²) in [5.41, 5.74) is 2.03. The highest BCUT2D eigenvalue weighted by Gasteiger charge is 2.32. The maximum atomic E-state index is 12.6. The van der Waals surface area contributed by atoms with Crippen LogP contribution in [0.1, 0.15) is 37.8 Å². The van der Waals surface area contributed by atoms with Crippen LogP contribution in [0.5, 0.6) is 0 Å². The van der Waals surface area contributed by atoms with Gasteiger partial charge in [-0.25, -0.2) is 0 Å². The summed E-state index contributed by atoms with van der Waals surface area (Å²) in [5.74, 6) is -2.26. The van der Waals surface area contributed by atoms with E-state index in [1.165, 1.54) is 16.7 Å². The number of thiocarbonyl (C=S) groups is 1. The van der Waals surface area contributed by atoms with Crippen LogP contribution in [0.25, 0.3) is 6.08 Å². The molecule has 1 aromatic rings. The maximum absolute atomic E-state index is 12.6. The largest absolute Gasteiger partial charge is 0.548 e. The van der Waals surface area contributed by atoms with Crippen LogP contribution in [-0.2, 0) is 14.4 Å². The maximum Gasteiger partial charge on any atom is 0.266 e. The van der Waals surface area contributed by atoms with Gasteiger partial charge in [0.1, 0.15) is 4.32 Å². The molecular weight excluding hydrogens is 396 g/mol. The summed E-state index contributed by atoms with van der Waals surface area (Å²) in [6, 6.07) is 6.71. The van der Waals surface area contributed by atoms with Crippen LogP contribution in [0.2, 0.25) is 0 Å². The third-order valence-electron chi connectivity index (χ3n) is 4.59. The summed E-state index contributed by atoms with van der Waals surface area (Å²) in [6.45, 7) is 5.66. The lowest BCUT2D eigenvalue weighted by molar-refractivity contribution is -0.309. The minimum Gasteiger partial charge on any atom is -0.548 e. The molecule has 0 aliphatic carbocycles. The van der Waals surface area contributed by atoms with Crippen LogP contribution in [0.15, 0.2) is 29.2 Å². The van der Waals surface area contributed by atoms with Crippen molar-refractivity contribution in [2.24, 2.45) is 5.92 Å². The lowest BCUT2D eigenvalue weighted by Crippen LogP contribution is -2.51. The predicted octanol–water partition coefficient (Wildman–Crippen LogP) is 1.87. The molecule has 0 bridgehead atoms. The smallest absolute Gasteiger partial charge is 0.266 e. The van der Waals surface area contributed by atoms with Crippen LogP contribution in [0, 0.1) is 12.8 Å². The van der Waals surface area contributed by atoms with Gasteiger partial charge in [0.05, 0.1) is 16.9 Å². The van der Waals surface area contributed by atoms with Crippen molar-refractivity contribution in [2.45, 2.75) is 39.7 Å². The zero-order chi connectivity index (χ0) is 20.8. The number of benzene rings is 1. The molecule has 150 valence electrons. The summed E-state index contributed by atoms with van der Waals surface area (Å²) in [7, 11) is 0. The number of carboxylic acid groups (broad SMARTS) is 1. The summed E-state index contributed by atoms with van der Waals surface area (Å²) < 4.78 is 0.384. The van der Waals surface area contributed by atoms with E-state index in [4.69, 9.17) is 12.2 Å². The van der Waals surface area contributed by atoms with Crippen molar-refractivity contribution in [2.75, 3.05) is 6.54 Å². The van der Waals surface area contributed by atoms with Gasteiger partial charge in [-0.3, -0.25) is 14.5 Å². The predicted molar refractivity (Wildman–Crippen MR) is 112 cm³/mol. The Balaban J connectivity index is 1.98. The number of carbonyl (C=O) groups excluding carboxylic acids is 3. The van der Waals surface area contributed by atoms with E-state index >= 15 is 0 Å². The van der Waals surface area contributed by atoms with Crippen molar-refractivity contribution in [3.8, 4) is 0 Å². The molecule has 0 aromatic heterocycles. The lowest BCUT2D eigenvalue weighted by atomic mass is 9.99. The van der Waals surface area contributed by atoms with E-state index in [9.17, 15) is 19.5 Å². The van der Waals surface area contributed by atoms with Gasteiger partial charge in [0, 0.05) is 13.0 Å². The number of carboxylic acids is 1. The Kier molecular flexibility index (Phi) is 7.77. The zero-order valence-electron chi connectivity index (χ0n) is 16.1. The number of carbonyl (C=O) groups is 3. The lowest BCUT2D eigenvalue weighted by Gasteiger charge is -2.25. The van der Waals surface area contributed by atoms with Gasteiger partial charge in [0.2, 0.25) is 5.91 Å². The number of aliphatic carboxylic acids is 1. The van der Waals surface area contributed by atoms with Crippen LogP contribution < -0.4 is 10.4 Å². The van der Waals surface area contributed by atoms with Crippen LogP contribution in [0.4, 0.5) is 0 Å². The molecule has 28 heavy (non-hydrogen) atoms. The molecule has 6 nitrogen and oxygen atoms in total. The number of hydrogen-bond donors (Lipinski definition) is 1. The summed E-state index contributed by atoms with van der Waals surface area (Å²) in [5, 5.41) is 13.7. The second-order valence-electron chi connectivity index (χ2n) is 6.74. The van der Waals surface area contributed by atoms with E-state index in [-0.39, 0.29) is 24.8 Å². The molecule has 1 aliphatic heterocycles. The second-order valence-corrected chi connectivity index (χ2v) is 8.42. The number of amides is 2. The van der Waals surface area contributed by atoms with Crippen LogP contribution in [0.3, 0.4) is 0 Å². The zero-order valence-corrected chi connectivity index (χ0v) is 17.7. The van der Waals surface area contributed by atoms with Crippen LogP contribution >= 0.6 is 24.0 Å². The van der Waals surface area contributed by atoms with Gasteiger partial charge in [0.25, 0.3) is 5.91 Å². The standard InChI is InChI=1S/C20H24N2O4S2/c1-4-13(3)17(19(25)26)21-16(23)9-10-22-18(24)15(28-20(22)27)11-14-7-5-12(2)6-8-14/h5-8,11,13,17H,4,9-10H2,1-3H3,(H,21,23)(H,25,26)/p-1/b15-11+/t13-,17+/m0/s1. The highest BCUT2D eigenvalue weighted by Crippen LogP contribution is 2.32. The van der Waals surface area contributed by atoms with E-state index in [1.807, 2.05) is 38.1 Å².